The molecule has 4 rings (SSSR count). The first kappa shape index (κ1) is 15.7. The van der Waals surface area contributed by atoms with Crippen LogP contribution in [0.15, 0.2) is 41.4 Å². The third-order valence-corrected chi connectivity index (χ3v) is 4.77. The second-order valence-electron chi connectivity index (χ2n) is 5.15. The smallest absolute Gasteiger partial charge is 0.159 e. The van der Waals surface area contributed by atoms with Crippen molar-refractivity contribution in [1.29, 1.82) is 0 Å². The highest BCUT2D eigenvalue weighted by Gasteiger charge is 2.24. The molecule has 1 aliphatic rings. The van der Waals surface area contributed by atoms with Crippen molar-refractivity contribution in [3.8, 4) is 5.69 Å². The predicted octanol–water partition coefficient (Wildman–Crippen LogP) is 4.22. The molecule has 0 unspecified atom stereocenters. The molecule has 0 N–H and O–H groups in total. The number of hydrogen-bond acceptors (Lipinski definition) is 4. The molecule has 1 aromatic carbocycles. The van der Waals surface area contributed by atoms with Gasteiger partial charge in [-0.3, -0.25) is 9.56 Å². The van der Waals surface area contributed by atoms with E-state index in [1.54, 1.807) is 6.07 Å². The first-order chi connectivity index (χ1) is 11.7. The van der Waals surface area contributed by atoms with Crippen LogP contribution in [0.2, 0.25) is 10.2 Å². The van der Waals surface area contributed by atoms with Crippen LogP contribution in [-0.2, 0) is 11.9 Å². The molecular weight excluding hydrogens is 413 g/mol. The highest BCUT2D eigenvalue weighted by atomic mass is 79.9. The van der Waals surface area contributed by atoms with Crippen LogP contribution in [0.4, 0.5) is 0 Å². The van der Waals surface area contributed by atoms with Crippen molar-refractivity contribution in [3.63, 3.8) is 0 Å². The fourth-order valence-corrected chi connectivity index (χ4v) is 3.43. The minimum absolute atomic E-state index is 0.383. The molecule has 24 heavy (non-hydrogen) atoms. The SMILES string of the molecule is Clc1ccc2c(n1)C(c1ccccc1Cl)=NCc1nnc(CBr)n1-2. The van der Waals surface area contributed by atoms with Gasteiger partial charge in [-0.25, -0.2) is 4.98 Å². The van der Waals surface area contributed by atoms with E-state index < -0.39 is 0 Å². The molecule has 3 heterocycles. The lowest BCUT2D eigenvalue weighted by atomic mass is 10.1. The Morgan fingerprint density at radius 3 is 2.71 bits per heavy atom. The lowest BCUT2D eigenvalue weighted by Gasteiger charge is -2.13. The van der Waals surface area contributed by atoms with Gasteiger partial charge in [0.05, 0.1) is 21.8 Å². The van der Waals surface area contributed by atoms with Crippen LogP contribution in [0, 0.1) is 0 Å². The number of benzene rings is 1. The number of alkyl halides is 1. The quantitative estimate of drug-likeness (QED) is 0.459. The molecule has 5 nitrogen and oxygen atoms in total. The van der Waals surface area contributed by atoms with E-state index in [0.717, 1.165) is 22.9 Å². The first-order valence-electron chi connectivity index (χ1n) is 7.15. The van der Waals surface area contributed by atoms with Gasteiger partial charge >= 0.3 is 0 Å². The summed E-state index contributed by atoms with van der Waals surface area (Å²) in [7, 11) is 0. The third kappa shape index (κ3) is 2.55. The Hall–Kier alpha value is -1.76. The van der Waals surface area contributed by atoms with Crippen LogP contribution < -0.4 is 0 Å². The minimum Gasteiger partial charge on any atom is -0.278 e. The molecule has 0 saturated heterocycles. The summed E-state index contributed by atoms with van der Waals surface area (Å²) >= 11 is 16.0. The van der Waals surface area contributed by atoms with Crippen molar-refractivity contribution >= 4 is 44.8 Å². The van der Waals surface area contributed by atoms with Crippen molar-refractivity contribution in [2.24, 2.45) is 4.99 Å². The minimum atomic E-state index is 0.383. The van der Waals surface area contributed by atoms with Crippen molar-refractivity contribution in [1.82, 2.24) is 19.7 Å². The van der Waals surface area contributed by atoms with Crippen LogP contribution >= 0.6 is 39.1 Å². The molecule has 0 aliphatic carbocycles. The van der Waals surface area contributed by atoms with Crippen molar-refractivity contribution in [2.45, 2.75) is 11.9 Å². The van der Waals surface area contributed by atoms with Gasteiger partial charge < -0.3 is 0 Å². The van der Waals surface area contributed by atoms with Gasteiger partial charge in [-0.05, 0) is 18.2 Å². The number of halogens is 3. The molecule has 0 saturated carbocycles. The molecule has 3 aromatic rings. The Morgan fingerprint density at radius 1 is 1.08 bits per heavy atom. The number of aliphatic imine (C=N–C) groups is 1. The summed E-state index contributed by atoms with van der Waals surface area (Å²) in [5, 5.41) is 10.0. The van der Waals surface area contributed by atoms with Crippen LogP contribution in [0.1, 0.15) is 22.9 Å². The molecular formula is C16H10BrCl2N5. The average molecular weight is 423 g/mol. The fraction of sp³-hybridized carbons (Fsp3) is 0.125. The second kappa shape index (κ2) is 6.27. The molecule has 120 valence electrons. The number of aromatic nitrogens is 4. The van der Waals surface area contributed by atoms with E-state index in [1.807, 2.05) is 34.9 Å². The van der Waals surface area contributed by atoms with E-state index >= 15 is 0 Å². The van der Waals surface area contributed by atoms with E-state index in [1.165, 1.54) is 0 Å². The van der Waals surface area contributed by atoms with E-state index in [-0.39, 0.29) is 0 Å². The van der Waals surface area contributed by atoms with Crippen LogP contribution in [0.25, 0.3) is 5.69 Å². The Balaban J connectivity index is 2.01. The van der Waals surface area contributed by atoms with Gasteiger partial charge in [0, 0.05) is 5.56 Å². The van der Waals surface area contributed by atoms with Gasteiger partial charge in [-0.1, -0.05) is 57.3 Å². The fourth-order valence-electron chi connectivity index (χ4n) is 2.69. The van der Waals surface area contributed by atoms with E-state index in [0.29, 0.717) is 33.5 Å². The number of nitrogens with zero attached hydrogens (tertiary/aromatic N) is 5. The van der Waals surface area contributed by atoms with E-state index in [4.69, 9.17) is 28.2 Å². The summed E-state index contributed by atoms with van der Waals surface area (Å²) in [5.74, 6) is 1.53. The maximum Gasteiger partial charge on any atom is 0.159 e. The van der Waals surface area contributed by atoms with Crippen LogP contribution in [0.3, 0.4) is 0 Å². The summed E-state index contributed by atoms with van der Waals surface area (Å²) in [4.78, 5) is 9.21. The van der Waals surface area contributed by atoms with Crippen molar-refractivity contribution in [3.05, 3.63) is 69.5 Å². The predicted molar refractivity (Wildman–Crippen MR) is 97.6 cm³/mol. The molecule has 1 aliphatic heterocycles. The molecule has 0 fully saturated rings. The number of hydrogen-bond donors (Lipinski definition) is 0. The highest BCUT2D eigenvalue weighted by Crippen LogP contribution is 2.28. The summed E-state index contributed by atoms with van der Waals surface area (Å²) in [5.41, 5.74) is 3.01. The zero-order valence-corrected chi connectivity index (χ0v) is 15.3. The Labute approximate surface area is 156 Å². The van der Waals surface area contributed by atoms with Gasteiger partial charge in [0.15, 0.2) is 5.82 Å². The molecule has 0 spiro atoms. The van der Waals surface area contributed by atoms with Crippen molar-refractivity contribution < 1.29 is 0 Å². The van der Waals surface area contributed by atoms with E-state index in [2.05, 4.69) is 31.1 Å². The van der Waals surface area contributed by atoms with Crippen molar-refractivity contribution in [2.75, 3.05) is 0 Å². The third-order valence-electron chi connectivity index (χ3n) is 3.73. The maximum absolute atomic E-state index is 6.38. The molecule has 0 atom stereocenters. The summed E-state index contributed by atoms with van der Waals surface area (Å²) < 4.78 is 1.96. The number of fused-ring (bicyclic) bond motifs is 3. The Kier molecular flexibility index (Phi) is 4.12. The summed E-state index contributed by atoms with van der Waals surface area (Å²) in [6.45, 7) is 0.383. The topological polar surface area (TPSA) is 56.0 Å². The maximum atomic E-state index is 6.38. The molecule has 0 bridgehead atoms. The zero-order valence-electron chi connectivity index (χ0n) is 12.2. The van der Waals surface area contributed by atoms with Gasteiger partial charge in [-0.2, -0.15) is 0 Å². The summed E-state index contributed by atoms with van der Waals surface area (Å²) in [6, 6.07) is 11.2. The number of pyridine rings is 1. The Morgan fingerprint density at radius 2 is 1.92 bits per heavy atom. The van der Waals surface area contributed by atoms with E-state index in [9.17, 15) is 0 Å². The Bertz CT molecular complexity index is 967. The average Bonchev–Trinajstić information content (AvgIpc) is 2.93. The standard InChI is InChI=1S/C16H10BrCl2N5/c17-7-13-22-23-14-8-20-15(9-3-1-2-4-10(9)18)16-11(24(13)14)5-6-12(19)21-16/h1-6H,7-8H2. The van der Waals surface area contributed by atoms with Crippen LogP contribution in [0.5, 0.6) is 0 Å². The number of rotatable bonds is 2. The van der Waals surface area contributed by atoms with Crippen LogP contribution in [-0.4, -0.2) is 25.5 Å². The first-order valence-corrected chi connectivity index (χ1v) is 9.02. The summed E-state index contributed by atoms with van der Waals surface area (Å²) in [6.07, 6.45) is 0. The lowest BCUT2D eigenvalue weighted by Crippen LogP contribution is -2.11. The molecule has 8 heteroatoms. The second-order valence-corrected chi connectivity index (χ2v) is 6.50. The molecule has 0 radical (unpaired) electrons. The van der Waals surface area contributed by atoms with Gasteiger partial charge in [-0.15, -0.1) is 10.2 Å². The zero-order chi connectivity index (χ0) is 16.7. The van der Waals surface area contributed by atoms with Gasteiger partial charge in [0.2, 0.25) is 0 Å². The molecule has 2 aromatic heterocycles. The van der Waals surface area contributed by atoms with Gasteiger partial charge in [0.25, 0.3) is 0 Å². The molecule has 0 amide bonds. The monoisotopic (exact) mass is 421 g/mol. The van der Waals surface area contributed by atoms with Gasteiger partial charge in [0.1, 0.15) is 23.2 Å². The normalized spacial score (nSPS) is 13.0. The highest BCUT2D eigenvalue weighted by molar-refractivity contribution is 9.08. The largest absolute Gasteiger partial charge is 0.278 e. The lowest BCUT2D eigenvalue weighted by molar-refractivity contribution is 0.858.